The second-order valence-electron chi connectivity index (χ2n) is 13.4. The zero-order valence-electron chi connectivity index (χ0n) is 29.2. The molecule has 2 N–H and O–H groups in total. The van der Waals surface area contributed by atoms with Gasteiger partial charge in [0.15, 0.2) is 0 Å². The Morgan fingerprint density at radius 3 is 2.46 bits per heavy atom. The molecule has 4 atom stereocenters. The number of hydrogen-bond acceptors (Lipinski definition) is 7. The van der Waals surface area contributed by atoms with Gasteiger partial charge in [-0.3, -0.25) is 14.5 Å². The molecule has 9 nitrogen and oxygen atoms in total. The van der Waals surface area contributed by atoms with Gasteiger partial charge in [-0.25, -0.2) is 0 Å². The van der Waals surface area contributed by atoms with Crippen molar-refractivity contribution in [3.63, 3.8) is 0 Å². The van der Waals surface area contributed by atoms with Crippen molar-refractivity contribution >= 4 is 17.5 Å². The second-order valence-corrected chi connectivity index (χ2v) is 13.4. The number of aliphatic hydroxyl groups is 1. The number of carbonyl (C=O) groups excluding carboxylic acids is 2. The number of aliphatic hydroxyl groups excluding tert-OH is 1. The van der Waals surface area contributed by atoms with Gasteiger partial charge in [0.05, 0.1) is 36.0 Å². The maximum absolute atomic E-state index is 14.3. The number of carbonyl (C=O) groups is 2. The second kappa shape index (κ2) is 18.5. The molecule has 2 aromatic rings. The van der Waals surface area contributed by atoms with E-state index in [9.17, 15) is 27.9 Å². The molecule has 0 spiro atoms. The average Bonchev–Trinajstić information content (AvgIpc) is 3.02. The van der Waals surface area contributed by atoms with Crippen LogP contribution in [0.3, 0.4) is 0 Å². The number of rotatable bonds is 11. The number of benzene rings is 2. The van der Waals surface area contributed by atoms with Gasteiger partial charge in [0.1, 0.15) is 5.75 Å². The van der Waals surface area contributed by atoms with Crippen LogP contribution in [0.15, 0.2) is 42.5 Å². The average molecular weight is 679 g/mol. The zero-order chi connectivity index (χ0) is 35.4. The summed E-state index contributed by atoms with van der Waals surface area (Å²) in [5, 5.41) is 13.1. The fourth-order valence-electron chi connectivity index (χ4n) is 5.72. The first kappa shape index (κ1) is 39.3. The van der Waals surface area contributed by atoms with E-state index in [1.54, 1.807) is 30.0 Å². The maximum Gasteiger partial charge on any atom is 0.416 e. The first-order valence-electron chi connectivity index (χ1n) is 16.8. The molecule has 48 heavy (non-hydrogen) atoms. The minimum Gasteiger partial charge on any atom is -0.490 e. The molecule has 0 bridgehead atoms. The summed E-state index contributed by atoms with van der Waals surface area (Å²) in [5.41, 5.74) is 0.853. The lowest BCUT2D eigenvalue weighted by Crippen LogP contribution is -2.47. The Labute approximate surface area is 283 Å². The summed E-state index contributed by atoms with van der Waals surface area (Å²) in [4.78, 5) is 32.6. The molecule has 0 aromatic heterocycles. The number of nitrogens with zero attached hydrogens (tertiary/aromatic N) is 3. The highest BCUT2D eigenvalue weighted by molar-refractivity contribution is 5.99. The Kier molecular flexibility index (Phi) is 15.2. The molecule has 2 amide bonds. The number of amides is 2. The molecule has 0 saturated carbocycles. The fourth-order valence-corrected chi connectivity index (χ4v) is 5.72. The molecule has 12 heteroatoms. The standard InChI is InChI=1S/C36H53F3N4O5/c1-25-21-43(26(2)24-44)35(46)31-20-30(40-34(45)11-9-18-41(4)5)16-17-32(31)48-27(3)10-7-8-19-47-33(25)23-42(6)22-28-12-14-29(15-13-28)36(37,38)39/h12-17,20,25-27,33,44H,7-11,18-19,21-24H2,1-6H3,(H,40,45)/t25-,26-,27-,33-/m0/s1. The summed E-state index contributed by atoms with van der Waals surface area (Å²) in [6.07, 6.45) is -1.43. The van der Waals surface area contributed by atoms with Crippen molar-refractivity contribution in [2.75, 3.05) is 59.3 Å². The van der Waals surface area contributed by atoms with Crippen molar-refractivity contribution in [2.45, 2.75) is 83.8 Å². The van der Waals surface area contributed by atoms with Gasteiger partial charge in [-0.2, -0.15) is 13.2 Å². The van der Waals surface area contributed by atoms with Crippen LogP contribution in [-0.2, 0) is 22.3 Å². The lowest BCUT2D eigenvalue weighted by atomic mass is 10.0. The van der Waals surface area contributed by atoms with Crippen molar-refractivity contribution in [3.8, 4) is 5.75 Å². The van der Waals surface area contributed by atoms with Gasteiger partial charge in [-0.05, 0) is 103 Å². The van der Waals surface area contributed by atoms with E-state index < -0.39 is 17.8 Å². The zero-order valence-corrected chi connectivity index (χ0v) is 29.2. The van der Waals surface area contributed by atoms with E-state index in [0.717, 1.165) is 43.5 Å². The summed E-state index contributed by atoms with van der Waals surface area (Å²) < 4.78 is 51.8. The number of nitrogens with one attached hydrogen (secondary N) is 1. The van der Waals surface area contributed by atoms with Crippen LogP contribution in [0.25, 0.3) is 0 Å². The highest BCUT2D eigenvalue weighted by Gasteiger charge is 2.31. The molecule has 3 rings (SSSR count). The number of likely N-dealkylation sites (N-methyl/N-ethyl adjacent to an activating group) is 1. The van der Waals surface area contributed by atoms with E-state index in [2.05, 4.69) is 5.32 Å². The largest absolute Gasteiger partial charge is 0.490 e. The molecule has 0 saturated heterocycles. The molecule has 0 fully saturated rings. The summed E-state index contributed by atoms with van der Waals surface area (Å²) >= 11 is 0. The Bertz CT molecular complexity index is 1310. The van der Waals surface area contributed by atoms with Crippen LogP contribution in [0.1, 0.15) is 74.4 Å². The quantitative estimate of drug-likeness (QED) is 0.305. The highest BCUT2D eigenvalue weighted by atomic mass is 19.4. The van der Waals surface area contributed by atoms with Gasteiger partial charge in [-0.15, -0.1) is 0 Å². The Hall–Kier alpha value is -3.19. The predicted molar refractivity (Wildman–Crippen MR) is 181 cm³/mol. The molecule has 2 aromatic carbocycles. The molecule has 268 valence electrons. The predicted octanol–water partition coefficient (Wildman–Crippen LogP) is 5.91. The van der Waals surface area contributed by atoms with Crippen LogP contribution in [0.5, 0.6) is 5.75 Å². The number of hydrogen-bond donors (Lipinski definition) is 2. The van der Waals surface area contributed by atoms with Crippen LogP contribution >= 0.6 is 0 Å². The van der Waals surface area contributed by atoms with Gasteiger partial charge in [0, 0.05) is 44.3 Å². The third-order valence-corrected chi connectivity index (χ3v) is 8.57. The first-order chi connectivity index (χ1) is 22.7. The van der Waals surface area contributed by atoms with Crippen LogP contribution in [0.2, 0.25) is 0 Å². The number of alkyl halides is 3. The monoisotopic (exact) mass is 678 g/mol. The van der Waals surface area contributed by atoms with Gasteiger partial charge in [0.25, 0.3) is 5.91 Å². The molecular formula is C36H53F3N4O5. The Morgan fingerprint density at radius 2 is 1.81 bits per heavy atom. The Morgan fingerprint density at radius 1 is 1.10 bits per heavy atom. The van der Waals surface area contributed by atoms with E-state index >= 15 is 0 Å². The van der Waals surface area contributed by atoms with Crippen molar-refractivity contribution in [2.24, 2.45) is 5.92 Å². The number of ether oxygens (including phenoxy) is 2. The fraction of sp³-hybridized carbons (Fsp3) is 0.611. The lowest BCUT2D eigenvalue weighted by molar-refractivity contribution is -0.137. The van der Waals surface area contributed by atoms with Crippen LogP contribution < -0.4 is 10.1 Å². The van der Waals surface area contributed by atoms with Gasteiger partial charge in [0.2, 0.25) is 5.91 Å². The lowest BCUT2D eigenvalue weighted by Gasteiger charge is -2.36. The van der Waals surface area contributed by atoms with E-state index in [4.69, 9.17) is 9.47 Å². The normalized spacial score (nSPS) is 20.6. The molecule has 1 aliphatic heterocycles. The van der Waals surface area contributed by atoms with Crippen molar-refractivity contribution in [1.82, 2.24) is 14.7 Å². The molecular weight excluding hydrogens is 625 g/mol. The number of fused-ring (bicyclic) bond motifs is 1. The Balaban J connectivity index is 1.85. The van der Waals surface area contributed by atoms with Crippen molar-refractivity contribution in [3.05, 3.63) is 59.2 Å². The summed E-state index contributed by atoms with van der Waals surface area (Å²) in [6, 6.07) is 9.75. The SMILES string of the molecule is C[C@H]1CCCCO[C@@H](CN(C)Cc2ccc(C(F)(F)F)cc2)[C@@H](C)CN([C@@H](C)CO)C(=O)c2cc(NC(=O)CCCN(C)C)ccc2O1. The molecule has 1 heterocycles. The van der Waals surface area contributed by atoms with E-state index in [1.165, 1.54) is 12.1 Å². The van der Waals surface area contributed by atoms with E-state index in [0.29, 0.717) is 49.5 Å². The topological polar surface area (TPSA) is 94.6 Å². The third kappa shape index (κ3) is 12.4. The third-order valence-electron chi connectivity index (χ3n) is 8.57. The highest BCUT2D eigenvalue weighted by Crippen LogP contribution is 2.30. The maximum atomic E-state index is 14.3. The molecule has 0 aliphatic carbocycles. The minimum absolute atomic E-state index is 0.144. The molecule has 1 aliphatic rings. The van der Waals surface area contributed by atoms with Gasteiger partial charge in [-0.1, -0.05) is 19.1 Å². The van der Waals surface area contributed by atoms with E-state index in [-0.39, 0.29) is 43.1 Å². The van der Waals surface area contributed by atoms with E-state index in [1.807, 2.05) is 44.8 Å². The van der Waals surface area contributed by atoms with Crippen LogP contribution in [0.4, 0.5) is 18.9 Å². The van der Waals surface area contributed by atoms with Gasteiger partial charge >= 0.3 is 6.18 Å². The number of halogens is 3. The van der Waals surface area contributed by atoms with Crippen molar-refractivity contribution in [1.29, 1.82) is 0 Å². The summed E-state index contributed by atoms with van der Waals surface area (Å²) in [7, 11) is 5.80. The summed E-state index contributed by atoms with van der Waals surface area (Å²) in [5.74, 6) is -0.219. The minimum atomic E-state index is -4.39. The molecule has 0 radical (unpaired) electrons. The summed E-state index contributed by atoms with van der Waals surface area (Å²) in [6.45, 7) is 7.94. The first-order valence-corrected chi connectivity index (χ1v) is 16.8. The molecule has 0 unspecified atom stereocenters. The van der Waals surface area contributed by atoms with Crippen molar-refractivity contribution < 1.29 is 37.3 Å². The van der Waals surface area contributed by atoms with Crippen LogP contribution in [-0.4, -0.2) is 104 Å². The number of anilines is 1. The smallest absolute Gasteiger partial charge is 0.416 e. The van der Waals surface area contributed by atoms with Crippen LogP contribution in [0, 0.1) is 5.92 Å². The van der Waals surface area contributed by atoms with Gasteiger partial charge < -0.3 is 29.7 Å².